The van der Waals surface area contributed by atoms with Gasteiger partial charge in [0.2, 0.25) is 11.7 Å². The molecule has 1 unspecified atom stereocenters. The van der Waals surface area contributed by atoms with E-state index in [0.717, 1.165) is 6.42 Å². The van der Waals surface area contributed by atoms with Crippen molar-refractivity contribution in [2.75, 3.05) is 6.61 Å². The lowest BCUT2D eigenvalue weighted by Gasteiger charge is -2.23. The number of nitrogens with zero attached hydrogens (tertiary/aromatic N) is 2. The van der Waals surface area contributed by atoms with Crippen LogP contribution >= 0.6 is 0 Å². The van der Waals surface area contributed by atoms with Crippen molar-refractivity contribution in [2.24, 2.45) is 11.1 Å². The maximum Gasteiger partial charge on any atom is 0.244 e. The van der Waals surface area contributed by atoms with Gasteiger partial charge in [-0.15, -0.1) is 0 Å². The number of hydrogen-bond donors (Lipinski definition) is 1. The van der Waals surface area contributed by atoms with E-state index in [1.54, 1.807) is 0 Å². The van der Waals surface area contributed by atoms with E-state index in [1.165, 1.54) is 0 Å². The third-order valence-electron chi connectivity index (χ3n) is 2.68. The Morgan fingerprint density at radius 1 is 1.35 bits per heavy atom. The predicted molar refractivity (Wildman–Crippen MR) is 65.3 cm³/mol. The van der Waals surface area contributed by atoms with Crippen molar-refractivity contribution in [1.82, 2.24) is 10.1 Å². The number of ether oxygens (including phenoxy) is 1. The van der Waals surface area contributed by atoms with Crippen LogP contribution in [0.3, 0.4) is 0 Å². The van der Waals surface area contributed by atoms with Crippen molar-refractivity contribution in [2.45, 2.75) is 53.2 Å². The molecule has 2 atom stereocenters. The fourth-order valence-corrected chi connectivity index (χ4v) is 1.45. The van der Waals surface area contributed by atoms with Gasteiger partial charge in [0.15, 0.2) is 0 Å². The van der Waals surface area contributed by atoms with Crippen molar-refractivity contribution < 1.29 is 9.26 Å². The third-order valence-corrected chi connectivity index (χ3v) is 2.68. The molecule has 0 saturated carbocycles. The number of aromatic nitrogens is 2. The van der Waals surface area contributed by atoms with E-state index in [2.05, 4.69) is 10.1 Å². The Balaban J connectivity index is 2.83. The second-order valence-corrected chi connectivity index (χ2v) is 5.19. The van der Waals surface area contributed by atoms with E-state index >= 15 is 0 Å². The molecule has 1 rings (SSSR count). The highest BCUT2D eigenvalue weighted by molar-refractivity contribution is 4.98. The molecule has 0 aliphatic rings. The van der Waals surface area contributed by atoms with Gasteiger partial charge in [0.05, 0.1) is 6.04 Å². The van der Waals surface area contributed by atoms with E-state index in [0.29, 0.717) is 18.3 Å². The molecule has 0 amide bonds. The maximum absolute atomic E-state index is 6.06. The van der Waals surface area contributed by atoms with Gasteiger partial charge in [-0.3, -0.25) is 0 Å². The maximum atomic E-state index is 6.06. The van der Waals surface area contributed by atoms with E-state index < -0.39 is 0 Å². The monoisotopic (exact) mass is 241 g/mol. The van der Waals surface area contributed by atoms with Crippen LogP contribution in [0.15, 0.2) is 4.52 Å². The highest BCUT2D eigenvalue weighted by atomic mass is 16.5. The molecule has 98 valence electrons. The summed E-state index contributed by atoms with van der Waals surface area (Å²) in [5, 5.41) is 3.95. The van der Waals surface area contributed by atoms with E-state index in [1.807, 2.05) is 34.6 Å². The summed E-state index contributed by atoms with van der Waals surface area (Å²) in [6, 6.07) is -0.261. The SMILES string of the molecule is CCOC(CC)c1noc([C@H](N)C(C)(C)C)n1. The van der Waals surface area contributed by atoms with Crippen LogP contribution in [0.1, 0.15) is 64.9 Å². The van der Waals surface area contributed by atoms with Gasteiger partial charge in [-0.2, -0.15) is 4.98 Å². The molecule has 0 spiro atoms. The van der Waals surface area contributed by atoms with Crippen molar-refractivity contribution >= 4 is 0 Å². The zero-order valence-electron chi connectivity index (χ0n) is 11.4. The summed E-state index contributed by atoms with van der Waals surface area (Å²) in [6.07, 6.45) is 0.710. The highest BCUT2D eigenvalue weighted by Gasteiger charge is 2.28. The Kier molecular flexibility index (Phi) is 4.65. The van der Waals surface area contributed by atoms with Gasteiger partial charge in [0, 0.05) is 6.61 Å². The minimum atomic E-state index is -0.261. The Morgan fingerprint density at radius 2 is 2.00 bits per heavy atom. The second-order valence-electron chi connectivity index (χ2n) is 5.19. The molecule has 0 radical (unpaired) electrons. The molecule has 2 N–H and O–H groups in total. The average molecular weight is 241 g/mol. The van der Waals surface area contributed by atoms with E-state index in [4.69, 9.17) is 15.0 Å². The highest BCUT2D eigenvalue weighted by Crippen LogP contribution is 2.30. The first kappa shape index (κ1) is 14.1. The Morgan fingerprint density at radius 3 is 2.47 bits per heavy atom. The molecule has 0 aromatic carbocycles. The molecule has 0 saturated heterocycles. The summed E-state index contributed by atoms with van der Waals surface area (Å²) >= 11 is 0. The van der Waals surface area contributed by atoms with Gasteiger partial charge in [0.25, 0.3) is 0 Å². The summed E-state index contributed by atoms with van der Waals surface area (Å²) in [6.45, 7) is 10.7. The Labute approximate surface area is 103 Å². The van der Waals surface area contributed by atoms with Crippen LogP contribution in [-0.2, 0) is 4.74 Å². The lowest BCUT2D eigenvalue weighted by Crippen LogP contribution is -2.26. The molecule has 1 aromatic rings. The van der Waals surface area contributed by atoms with Crippen LogP contribution in [-0.4, -0.2) is 16.7 Å². The van der Waals surface area contributed by atoms with Gasteiger partial charge < -0.3 is 15.0 Å². The Hall–Kier alpha value is -0.940. The summed E-state index contributed by atoms with van der Waals surface area (Å²) in [5.41, 5.74) is 5.96. The molecule has 1 aromatic heterocycles. The average Bonchev–Trinajstić information content (AvgIpc) is 2.72. The van der Waals surface area contributed by atoms with Crippen LogP contribution < -0.4 is 5.73 Å². The molecule has 0 aliphatic carbocycles. The van der Waals surface area contributed by atoms with Crippen LogP contribution in [0.4, 0.5) is 0 Å². The number of nitrogens with two attached hydrogens (primary N) is 1. The number of hydrogen-bond acceptors (Lipinski definition) is 5. The largest absolute Gasteiger partial charge is 0.370 e. The van der Waals surface area contributed by atoms with Gasteiger partial charge in [-0.05, 0) is 18.8 Å². The molecule has 5 heteroatoms. The lowest BCUT2D eigenvalue weighted by molar-refractivity contribution is 0.0518. The molecule has 0 aliphatic heterocycles. The quantitative estimate of drug-likeness (QED) is 0.857. The topological polar surface area (TPSA) is 74.2 Å². The van der Waals surface area contributed by atoms with Gasteiger partial charge in [-0.25, -0.2) is 0 Å². The van der Waals surface area contributed by atoms with Crippen LogP contribution in [0.25, 0.3) is 0 Å². The van der Waals surface area contributed by atoms with Crippen LogP contribution in [0.2, 0.25) is 0 Å². The number of rotatable bonds is 5. The fraction of sp³-hybridized carbons (Fsp3) is 0.833. The smallest absolute Gasteiger partial charge is 0.244 e. The molecular weight excluding hydrogens is 218 g/mol. The second kappa shape index (κ2) is 5.60. The zero-order chi connectivity index (χ0) is 13.1. The minimum Gasteiger partial charge on any atom is -0.370 e. The molecule has 0 fully saturated rings. The predicted octanol–water partition coefficient (Wildman–Crippen LogP) is 2.60. The normalized spacial score (nSPS) is 15.9. The minimum absolute atomic E-state index is 0.100. The third kappa shape index (κ3) is 3.51. The molecule has 0 bridgehead atoms. The summed E-state index contributed by atoms with van der Waals surface area (Å²) in [4.78, 5) is 4.34. The van der Waals surface area contributed by atoms with E-state index in [9.17, 15) is 0 Å². The summed E-state index contributed by atoms with van der Waals surface area (Å²) < 4.78 is 10.7. The van der Waals surface area contributed by atoms with Crippen LogP contribution in [0, 0.1) is 5.41 Å². The molecule has 1 heterocycles. The van der Waals surface area contributed by atoms with Crippen molar-refractivity contribution in [3.05, 3.63) is 11.7 Å². The summed E-state index contributed by atoms with van der Waals surface area (Å²) in [5.74, 6) is 1.06. The zero-order valence-corrected chi connectivity index (χ0v) is 11.4. The van der Waals surface area contributed by atoms with Gasteiger partial charge in [0.1, 0.15) is 6.10 Å². The summed E-state index contributed by atoms with van der Waals surface area (Å²) in [7, 11) is 0. The molecule has 17 heavy (non-hydrogen) atoms. The first-order chi connectivity index (χ1) is 7.90. The van der Waals surface area contributed by atoms with Crippen molar-refractivity contribution in [3.63, 3.8) is 0 Å². The Bertz CT molecular complexity index is 344. The standard InChI is InChI=1S/C12H23N3O2/c1-6-8(16-7-2)10-14-11(17-15-10)9(13)12(3,4)5/h8-9H,6-7,13H2,1-5H3/t8?,9-/m0/s1. The first-order valence-electron chi connectivity index (χ1n) is 6.10. The van der Waals surface area contributed by atoms with Crippen molar-refractivity contribution in [3.8, 4) is 0 Å². The first-order valence-corrected chi connectivity index (χ1v) is 6.10. The molecular formula is C12H23N3O2. The van der Waals surface area contributed by atoms with Gasteiger partial charge in [-0.1, -0.05) is 32.9 Å². The van der Waals surface area contributed by atoms with Crippen LogP contribution in [0.5, 0.6) is 0 Å². The van der Waals surface area contributed by atoms with Crippen molar-refractivity contribution in [1.29, 1.82) is 0 Å². The fourth-order valence-electron chi connectivity index (χ4n) is 1.45. The van der Waals surface area contributed by atoms with Gasteiger partial charge >= 0.3 is 0 Å². The molecule has 5 nitrogen and oxygen atoms in total. The van der Waals surface area contributed by atoms with E-state index in [-0.39, 0.29) is 17.6 Å². The lowest BCUT2D eigenvalue weighted by atomic mass is 9.87.